The Hall–Kier alpha value is -1.82. The summed E-state index contributed by atoms with van der Waals surface area (Å²) < 4.78 is 0. The van der Waals surface area contributed by atoms with E-state index in [0.717, 1.165) is 12.8 Å². The molecule has 1 atom stereocenters. The van der Waals surface area contributed by atoms with Crippen LogP contribution in [0.4, 0.5) is 0 Å². The third-order valence-electron chi connectivity index (χ3n) is 3.84. The molecule has 0 aromatic heterocycles. The summed E-state index contributed by atoms with van der Waals surface area (Å²) in [5, 5.41) is 0. The fraction of sp³-hybridized carbons (Fsp3) is 0.263. The van der Waals surface area contributed by atoms with Crippen LogP contribution in [0.25, 0.3) is 11.1 Å². The van der Waals surface area contributed by atoms with Gasteiger partial charge in [-0.15, -0.1) is 0 Å². The van der Waals surface area contributed by atoms with E-state index in [2.05, 4.69) is 67.6 Å². The highest BCUT2D eigenvalue weighted by Gasteiger charge is 2.07. The van der Waals surface area contributed by atoms with Crippen LogP contribution in [0.15, 0.2) is 60.7 Å². The first kappa shape index (κ1) is 12.2. The third-order valence-corrected chi connectivity index (χ3v) is 3.84. The lowest BCUT2D eigenvalue weighted by molar-refractivity contribution is 0.739. The van der Waals surface area contributed by atoms with Gasteiger partial charge in [-0.05, 0) is 53.5 Å². The van der Waals surface area contributed by atoms with Crippen molar-refractivity contribution >= 4 is 11.1 Å². The second-order valence-corrected chi connectivity index (χ2v) is 5.45. The van der Waals surface area contributed by atoms with Gasteiger partial charge in [0.15, 0.2) is 0 Å². The molecule has 0 fully saturated rings. The highest BCUT2D eigenvalue weighted by atomic mass is 14.1. The van der Waals surface area contributed by atoms with Crippen molar-refractivity contribution in [2.45, 2.75) is 26.2 Å². The first-order valence-corrected chi connectivity index (χ1v) is 7.19. The topological polar surface area (TPSA) is 0 Å². The maximum absolute atomic E-state index is 2.36. The van der Waals surface area contributed by atoms with E-state index in [4.69, 9.17) is 0 Å². The first-order chi connectivity index (χ1) is 9.33. The minimum atomic E-state index is 0.677. The van der Waals surface area contributed by atoms with Gasteiger partial charge < -0.3 is 0 Å². The molecule has 0 bridgehead atoms. The Balaban J connectivity index is 1.90. The van der Waals surface area contributed by atoms with Crippen LogP contribution in [0.5, 0.6) is 0 Å². The summed E-state index contributed by atoms with van der Waals surface area (Å²) in [6, 6.07) is 8.90. The zero-order chi connectivity index (χ0) is 13.1. The third kappa shape index (κ3) is 2.78. The molecule has 1 unspecified atom stereocenters. The average molecular weight is 248 g/mol. The fourth-order valence-electron chi connectivity index (χ4n) is 2.65. The van der Waals surface area contributed by atoms with Gasteiger partial charge in [0.2, 0.25) is 0 Å². The minimum absolute atomic E-state index is 0.677. The van der Waals surface area contributed by atoms with Crippen molar-refractivity contribution in [1.29, 1.82) is 0 Å². The average Bonchev–Trinajstić information content (AvgIpc) is 2.49. The molecule has 0 aliphatic heterocycles. The Labute approximate surface area is 115 Å². The van der Waals surface area contributed by atoms with Crippen LogP contribution >= 0.6 is 0 Å². The lowest BCUT2D eigenvalue weighted by Crippen LogP contribution is -1.95. The summed E-state index contributed by atoms with van der Waals surface area (Å²) in [7, 11) is 0. The summed E-state index contributed by atoms with van der Waals surface area (Å²) in [4.78, 5) is 0. The number of hydrogen-bond donors (Lipinski definition) is 0. The molecule has 0 heterocycles. The number of hydrogen-bond acceptors (Lipinski definition) is 0. The molecule has 1 aromatic rings. The lowest BCUT2D eigenvalue weighted by Gasteiger charge is -2.14. The van der Waals surface area contributed by atoms with E-state index in [1.807, 2.05) is 0 Å². The van der Waals surface area contributed by atoms with Crippen molar-refractivity contribution < 1.29 is 0 Å². The zero-order valence-electron chi connectivity index (χ0n) is 11.5. The normalized spacial score (nSPS) is 22.1. The molecular formula is C19H20. The van der Waals surface area contributed by atoms with Gasteiger partial charge in [-0.1, -0.05) is 61.6 Å². The number of allylic oxidation sites excluding steroid dienone is 8. The van der Waals surface area contributed by atoms with Crippen LogP contribution in [0.3, 0.4) is 0 Å². The van der Waals surface area contributed by atoms with Gasteiger partial charge in [0.05, 0.1) is 0 Å². The van der Waals surface area contributed by atoms with E-state index in [1.54, 1.807) is 0 Å². The van der Waals surface area contributed by atoms with Gasteiger partial charge >= 0.3 is 0 Å². The van der Waals surface area contributed by atoms with Crippen LogP contribution in [0.1, 0.15) is 37.3 Å². The summed E-state index contributed by atoms with van der Waals surface area (Å²) in [6.45, 7) is 2.26. The molecule has 96 valence electrons. The van der Waals surface area contributed by atoms with Crippen molar-refractivity contribution in [1.82, 2.24) is 0 Å². The van der Waals surface area contributed by atoms with Gasteiger partial charge in [-0.2, -0.15) is 0 Å². The molecule has 0 N–H and O–H groups in total. The van der Waals surface area contributed by atoms with Crippen molar-refractivity contribution in [3.8, 4) is 0 Å². The fourth-order valence-corrected chi connectivity index (χ4v) is 2.65. The van der Waals surface area contributed by atoms with Crippen LogP contribution in [-0.2, 0) is 0 Å². The predicted octanol–water partition coefficient (Wildman–Crippen LogP) is 5.40. The second kappa shape index (κ2) is 5.44. The molecular weight excluding hydrogens is 228 g/mol. The Kier molecular flexibility index (Phi) is 3.50. The maximum atomic E-state index is 2.36. The van der Waals surface area contributed by atoms with Crippen molar-refractivity contribution in [3.05, 3.63) is 71.8 Å². The van der Waals surface area contributed by atoms with Gasteiger partial charge in [0.25, 0.3) is 0 Å². The van der Waals surface area contributed by atoms with E-state index in [1.165, 1.54) is 28.7 Å². The Morgan fingerprint density at radius 2 is 1.74 bits per heavy atom. The molecule has 3 rings (SSSR count). The van der Waals surface area contributed by atoms with Gasteiger partial charge in [-0.25, -0.2) is 0 Å². The molecule has 1 aromatic carbocycles. The second-order valence-electron chi connectivity index (χ2n) is 5.45. The lowest BCUT2D eigenvalue weighted by atomic mass is 9.91. The Morgan fingerprint density at radius 1 is 0.947 bits per heavy atom. The molecule has 19 heavy (non-hydrogen) atoms. The van der Waals surface area contributed by atoms with E-state index in [9.17, 15) is 0 Å². The van der Waals surface area contributed by atoms with Gasteiger partial charge in [0, 0.05) is 0 Å². The molecule has 2 aliphatic rings. The molecule has 0 saturated heterocycles. The highest BCUT2D eigenvalue weighted by Crippen LogP contribution is 2.28. The highest BCUT2D eigenvalue weighted by molar-refractivity contribution is 5.80. The molecule has 0 amide bonds. The smallest absolute Gasteiger partial charge is 0.0181 e. The van der Waals surface area contributed by atoms with E-state index in [-0.39, 0.29) is 0 Å². The summed E-state index contributed by atoms with van der Waals surface area (Å²) in [5.74, 6) is 0.677. The van der Waals surface area contributed by atoms with Crippen molar-refractivity contribution in [2.24, 2.45) is 5.92 Å². The molecule has 0 heteroatoms. The molecule has 0 nitrogen and oxygen atoms in total. The Bertz CT molecular complexity index is 582. The first-order valence-electron chi connectivity index (χ1n) is 7.19. The van der Waals surface area contributed by atoms with E-state index < -0.39 is 0 Å². The summed E-state index contributed by atoms with van der Waals surface area (Å²) in [5.41, 5.74) is 5.39. The standard InChI is InChI=1S/C19H20/c1-15-10-12-17(13-11-15)19-9-5-8-18(14-19)16-6-3-2-4-7-16/h3,5-10,12-15H,2,4,11H2,1H3. The van der Waals surface area contributed by atoms with Crippen LogP contribution in [0, 0.1) is 5.92 Å². The van der Waals surface area contributed by atoms with Crippen molar-refractivity contribution in [2.75, 3.05) is 0 Å². The summed E-state index contributed by atoms with van der Waals surface area (Å²) in [6.07, 6.45) is 17.3. The van der Waals surface area contributed by atoms with Crippen LogP contribution in [-0.4, -0.2) is 0 Å². The quantitative estimate of drug-likeness (QED) is 0.657. The van der Waals surface area contributed by atoms with Gasteiger partial charge in [0.1, 0.15) is 0 Å². The largest absolute Gasteiger partial charge is 0.0836 e. The summed E-state index contributed by atoms with van der Waals surface area (Å²) >= 11 is 0. The number of rotatable bonds is 2. The molecule has 0 radical (unpaired) electrons. The molecule has 0 spiro atoms. The zero-order valence-corrected chi connectivity index (χ0v) is 11.5. The Morgan fingerprint density at radius 3 is 2.37 bits per heavy atom. The van der Waals surface area contributed by atoms with E-state index in [0.29, 0.717) is 5.92 Å². The van der Waals surface area contributed by atoms with Crippen LogP contribution in [0.2, 0.25) is 0 Å². The van der Waals surface area contributed by atoms with Gasteiger partial charge in [-0.3, -0.25) is 0 Å². The molecule has 2 aliphatic carbocycles. The number of benzene rings is 1. The van der Waals surface area contributed by atoms with E-state index >= 15 is 0 Å². The monoisotopic (exact) mass is 248 g/mol. The predicted molar refractivity (Wildman–Crippen MR) is 83.7 cm³/mol. The molecule has 0 saturated carbocycles. The van der Waals surface area contributed by atoms with Crippen molar-refractivity contribution in [3.63, 3.8) is 0 Å². The minimum Gasteiger partial charge on any atom is -0.0836 e. The SMILES string of the molecule is CC1C=CC(c2cccc(C3=CCCC=C3)c2)=CC1. The maximum Gasteiger partial charge on any atom is -0.0181 e. The van der Waals surface area contributed by atoms with Crippen LogP contribution < -0.4 is 0 Å².